The number of amides is 3. The number of rotatable bonds is 12. The van der Waals surface area contributed by atoms with Crippen LogP contribution in [0.2, 0.25) is 0 Å². The first-order valence-electron chi connectivity index (χ1n) is 14.2. The molecule has 3 amide bonds. The number of carbonyl (C=O) groups excluding carboxylic acids is 2. The summed E-state index contributed by atoms with van der Waals surface area (Å²) in [7, 11) is -4.16. The van der Waals surface area contributed by atoms with E-state index in [2.05, 4.69) is 10.0 Å². The zero-order valence-electron chi connectivity index (χ0n) is 24.7. The third-order valence-corrected chi connectivity index (χ3v) is 8.16. The molecule has 11 heteroatoms. The van der Waals surface area contributed by atoms with E-state index in [4.69, 9.17) is 4.74 Å². The van der Waals surface area contributed by atoms with Gasteiger partial charge in [0.2, 0.25) is 10.0 Å². The first-order chi connectivity index (χ1) is 18.6. The normalized spacial score (nSPS) is 16.2. The van der Waals surface area contributed by atoms with Gasteiger partial charge in [-0.3, -0.25) is 9.52 Å². The predicted molar refractivity (Wildman–Crippen MR) is 154 cm³/mol. The van der Waals surface area contributed by atoms with Crippen LogP contribution in [0, 0.1) is 11.8 Å². The minimum absolute atomic E-state index is 0.00767. The first kappa shape index (κ1) is 33.4. The number of nitrogens with zero attached hydrogens (tertiary/aromatic N) is 1. The minimum Gasteiger partial charge on any atom is -0.465 e. The molecule has 0 aliphatic heterocycles. The van der Waals surface area contributed by atoms with Crippen molar-refractivity contribution in [2.45, 2.75) is 116 Å². The number of alkyl carbamates (subject to hydrolysis) is 1. The lowest BCUT2D eigenvalue weighted by Gasteiger charge is -2.31. The number of sulfonamides is 1. The number of carbonyl (C=O) groups is 3. The van der Waals surface area contributed by atoms with Crippen molar-refractivity contribution in [3.05, 3.63) is 35.4 Å². The highest BCUT2D eigenvalue weighted by Crippen LogP contribution is 2.29. The van der Waals surface area contributed by atoms with Gasteiger partial charge in [-0.05, 0) is 63.5 Å². The zero-order valence-corrected chi connectivity index (χ0v) is 25.6. The van der Waals surface area contributed by atoms with Crippen molar-refractivity contribution < 1.29 is 32.6 Å². The molecular weight excluding hydrogens is 534 g/mol. The predicted octanol–water partition coefficient (Wildman–Crippen LogP) is 5.41. The van der Waals surface area contributed by atoms with E-state index in [-0.39, 0.29) is 24.9 Å². The Morgan fingerprint density at radius 2 is 1.65 bits per heavy atom. The fraction of sp³-hybridized carbons (Fsp3) is 0.690. The van der Waals surface area contributed by atoms with Crippen LogP contribution in [0.3, 0.4) is 0 Å². The molecule has 1 aliphatic rings. The van der Waals surface area contributed by atoms with Crippen LogP contribution in [0.5, 0.6) is 0 Å². The summed E-state index contributed by atoms with van der Waals surface area (Å²) in [5.74, 6) is -0.887. The maximum absolute atomic E-state index is 13.1. The molecule has 40 heavy (non-hydrogen) atoms. The first-order valence-corrected chi connectivity index (χ1v) is 15.8. The van der Waals surface area contributed by atoms with Gasteiger partial charge in [-0.15, -0.1) is 0 Å². The van der Waals surface area contributed by atoms with Crippen LogP contribution < -0.4 is 10.0 Å². The lowest BCUT2D eigenvalue weighted by molar-refractivity contribution is -0.121. The summed E-state index contributed by atoms with van der Waals surface area (Å²) in [6, 6.07) is 5.41. The highest BCUT2D eigenvalue weighted by Gasteiger charge is 2.29. The molecule has 3 N–H and O–H groups in total. The molecule has 1 aromatic carbocycles. The van der Waals surface area contributed by atoms with Gasteiger partial charge in [0.05, 0.1) is 5.75 Å². The van der Waals surface area contributed by atoms with E-state index in [9.17, 15) is 27.9 Å². The molecule has 0 saturated heterocycles. The second-order valence-electron chi connectivity index (χ2n) is 12.3. The van der Waals surface area contributed by atoms with Gasteiger partial charge in [-0.2, -0.15) is 0 Å². The Bertz CT molecular complexity index is 1110. The molecule has 0 aromatic heterocycles. The molecule has 10 nitrogen and oxygen atoms in total. The molecule has 0 spiro atoms. The maximum Gasteiger partial charge on any atom is 0.408 e. The second-order valence-corrected chi connectivity index (χ2v) is 14.0. The number of benzene rings is 1. The third-order valence-electron chi connectivity index (χ3n) is 6.95. The Balaban J connectivity index is 2.14. The van der Waals surface area contributed by atoms with Crippen LogP contribution in [0.15, 0.2) is 24.3 Å². The van der Waals surface area contributed by atoms with E-state index < -0.39 is 45.5 Å². The number of ether oxygens (including phenoxy) is 1. The largest absolute Gasteiger partial charge is 0.465 e. The van der Waals surface area contributed by atoms with Crippen LogP contribution >= 0.6 is 0 Å². The third kappa shape index (κ3) is 11.7. The Labute approximate surface area is 239 Å². The molecule has 1 aromatic rings. The molecule has 1 saturated carbocycles. The molecule has 0 radical (unpaired) electrons. The molecular formula is C29H47N3O7S. The molecule has 0 heterocycles. The zero-order chi connectivity index (χ0) is 30.1. The van der Waals surface area contributed by atoms with E-state index in [0.717, 1.165) is 19.3 Å². The Morgan fingerprint density at radius 1 is 1.05 bits per heavy atom. The van der Waals surface area contributed by atoms with E-state index in [1.807, 2.05) is 20.8 Å². The Morgan fingerprint density at radius 3 is 2.20 bits per heavy atom. The summed E-state index contributed by atoms with van der Waals surface area (Å²) in [6.07, 6.45) is 4.88. The topological polar surface area (TPSA) is 142 Å². The average Bonchev–Trinajstić information content (AvgIpc) is 2.81. The van der Waals surface area contributed by atoms with Gasteiger partial charge >= 0.3 is 12.2 Å². The fourth-order valence-corrected chi connectivity index (χ4v) is 6.31. The van der Waals surface area contributed by atoms with E-state index in [0.29, 0.717) is 17.0 Å². The van der Waals surface area contributed by atoms with Crippen molar-refractivity contribution in [3.63, 3.8) is 0 Å². The molecule has 1 fully saturated rings. The van der Waals surface area contributed by atoms with Crippen molar-refractivity contribution in [2.24, 2.45) is 11.8 Å². The highest BCUT2D eigenvalue weighted by molar-refractivity contribution is 7.89. The number of carboxylic acid groups (broad SMARTS) is 1. The quantitative estimate of drug-likeness (QED) is 0.300. The van der Waals surface area contributed by atoms with Gasteiger partial charge in [0, 0.05) is 12.6 Å². The van der Waals surface area contributed by atoms with E-state index in [1.54, 1.807) is 45.0 Å². The van der Waals surface area contributed by atoms with Gasteiger partial charge in [-0.25, -0.2) is 18.0 Å². The molecule has 0 bridgehead atoms. The van der Waals surface area contributed by atoms with Crippen molar-refractivity contribution in [3.8, 4) is 0 Å². The highest BCUT2D eigenvalue weighted by atomic mass is 32.2. The van der Waals surface area contributed by atoms with Gasteiger partial charge in [-0.1, -0.05) is 70.2 Å². The number of nitrogens with one attached hydrogen (secondary N) is 2. The molecule has 2 atom stereocenters. The van der Waals surface area contributed by atoms with Crippen molar-refractivity contribution >= 4 is 28.1 Å². The monoisotopic (exact) mass is 581 g/mol. The standard InChI is InChI=1S/C29H47N3O7S/c1-20(2)16-25(30-27(34)39-29(4,5)6)26(33)31-40(37,38)19-24-15-11-10-14-23(24)18-32(28(35)36)21(3)17-22-12-8-7-9-13-22/h10-11,14-15,20-22,25H,7-9,12-13,16-19H2,1-6H3,(H,30,34)(H,31,33)(H,35,36)/t21?,25-/m0/s1. The summed E-state index contributed by atoms with van der Waals surface area (Å²) in [6.45, 7) is 10.7. The fourth-order valence-electron chi connectivity index (χ4n) is 5.10. The van der Waals surface area contributed by atoms with Crippen molar-refractivity contribution in [1.82, 2.24) is 14.9 Å². The lowest BCUT2D eigenvalue weighted by Crippen LogP contribution is -2.50. The summed E-state index contributed by atoms with van der Waals surface area (Å²) in [4.78, 5) is 38.8. The summed E-state index contributed by atoms with van der Waals surface area (Å²) < 4.78 is 33.5. The van der Waals surface area contributed by atoms with Gasteiger partial charge in [0.25, 0.3) is 5.91 Å². The second kappa shape index (κ2) is 14.7. The van der Waals surface area contributed by atoms with E-state index in [1.165, 1.54) is 24.2 Å². The molecule has 2 rings (SSSR count). The van der Waals surface area contributed by atoms with Crippen LogP contribution in [-0.2, 0) is 31.9 Å². The van der Waals surface area contributed by atoms with E-state index >= 15 is 0 Å². The van der Waals surface area contributed by atoms with Gasteiger partial charge in [0.15, 0.2) is 0 Å². The Hall–Kier alpha value is -2.82. The van der Waals surface area contributed by atoms with Crippen LogP contribution in [0.25, 0.3) is 0 Å². The van der Waals surface area contributed by atoms with Crippen LogP contribution in [0.4, 0.5) is 9.59 Å². The minimum atomic E-state index is -4.16. The van der Waals surface area contributed by atoms with Crippen molar-refractivity contribution in [2.75, 3.05) is 0 Å². The number of hydrogen-bond donors (Lipinski definition) is 3. The summed E-state index contributed by atoms with van der Waals surface area (Å²) >= 11 is 0. The number of hydrogen-bond acceptors (Lipinski definition) is 6. The summed E-state index contributed by atoms with van der Waals surface area (Å²) in [5, 5.41) is 12.4. The summed E-state index contributed by atoms with van der Waals surface area (Å²) in [5.41, 5.74) is 0.180. The molecule has 1 aliphatic carbocycles. The average molecular weight is 582 g/mol. The SMILES string of the molecule is CC(C)C[C@H](NC(=O)OC(C)(C)C)C(=O)NS(=O)(=O)Cc1ccccc1CN(C(=O)O)C(C)CC1CCCCC1. The smallest absolute Gasteiger partial charge is 0.408 e. The molecule has 226 valence electrons. The van der Waals surface area contributed by atoms with Crippen molar-refractivity contribution in [1.29, 1.82) is 0 Å². The van der Waals surface area contributed by atoms with Gasteiger partial charge < -0.3 is 20.1 Å². The Kier molecular flexibility index (Phi) is 12.3. The molecule has 1 unspecified atom stereocenters. The lowest BCUT2D eigenvalue weighted by atomic mass is 9.85. The van der Waals surface area contributed by atoms with Crippen LogP contribution in [-0.4, -0.2) is 54.2 Å². The van der Waals surface area contributed by atoms with Gasteiger partial charge in [0.1, 0.15) is 11.6 Å². The maximum atomic E-state index is 13.1. The van der Waals surface area contributed by atoms with Crippen LogP contribution in [0.1, 0.15) is 97.6 Å².